The van der Waals surface area contributed by atoms with E-state index in [9.17, 15) is 0 Å². The molecule has 3 nitrogen and oxygen atoms in total. The van der Waals surface area contributed by atoms with Gasteiger partial charge in [0, 0.05) is 5.56 Å². The quantitative estimate of drug-likeness (QED) is 0.517. The van der Waals surface area contributed by atoms with E-state index in [1.54, 1.807) is 21.3 Å². The van der Waals surface area contributed by atoms with Crippen LogP contribution in [-0.2, 0) is 0 Å². The minimum absolute atomic E-state index is 0.0682. The number of benzene rings is 1. The van der Waals surface area contributed by atoms with E-state index >= 15 is 0 Å². The molecule has 0 bridgehead atoms. The molecule has 19 heavy (non-hydrogen) atoms. The molecule has 108 valence electrons. The number of hydrogen-bond acceptors (Lipinski definition) is 3. The third kappa shape index (κ3) is 3.93. The average Bonchev–Trinajstić information content (AvgIpc) is 2.45. The van der Waals surface area contributed by atoms with E-state index in [4.69, 9.17) is 25.8 Å². The first-order valence-corrected chi connectivity index (χ1v) is 7.06. The fourth-order valence-electron chi connectivity index (χ4n) is 2.10. The minimum Gasteiger partial charge on any atom is -0.493 e. The van der Waals surface area contributed by atoms with Crippen LogP contribution in [0.1, 0.15) is 43.5 Å². The molecule has 0 aliphatic carbocycles. The molecular weight excluding hydrogens is 264 g/mol. The number of methoxy groups -OCH3 is 3. The standard InChI is InChI=1S/C15H23ClO3/c1-5-6-7-8-12(16)11-9-10-13(17-2)15(19-4)14(11)18-3/h9-10,12H,5-8H2,1-4H3. The summed E-state index contributed by atoms with van der Waals surface area (Å²) in [7, 11) is 4.83. The molecule has 0 aliphatic rings. The highest BCUT2D eigenvalue weighted by molar-refractivity contribution is 6.21. The van der Waals surface area contributed by atoms with Gasteiger partial charge in [-0.1, -0.05) is 26.2 Å². The lowest BCUT2D eigenvalue weighted by Crippen LogP contribution is -2.01. The van der Waals surface area contributed by atoms with Crippen molar-refractivity contribution in [1.29, 1.82) is 0 Å². The van der Waals surface area contributed by atoms with Gasteiger partial charge >= 0.3 is 0 Å². The summed E-state index contributed by atoms with van der Waals surface area (Å²) in [6.07, 6.45) is 4.43. The van der Waals surface area contributed by atoms with Crippen LogP contribution in [0, 0.1) is 0 Å². The number of unbranched alkanes of at least 4 members (excludes halogenated alkanes) is 2. The molecule has 0 amide bonds. The van der Waals surface area contributed by atoms with Crippen molar-refractivity contribution in [3.05, 3.63) is 17.7 Å². The summed E-state index contributed by atoms with van der Waals surface area (Å²) in [5, 5.41) is -0.0682. The Kier molecular flexibility index (Phi) is 6.85. The van der Waals surface area contributed by atoms with Gasteiger partial charge in [-0.15, -0.1) is 11.6 Å². The third-order valence-corrected chi connectivity index (χ3v) is 3.59. The van der Waals surface area contributed by atoms with Gasteiger partial charge in [0.05, 0.1) is 26.7 Å². The van der Waals surface area contributed by atoms with Gasteiger partial charge in [-0.2, -0.15) is 0 Å². The van der Waals surface area contributed by atoms with Gasteiger partial charge < -0.3 is 14.2 Å². The summed E-state index contributed by atoms with van der Waals surface area (Å²) in [6.45, 7) is 2.18. The van der Waals surface area contributed by atoms with Crippen LogP contribution in [0.25, 0.3) is 0 Å². The Labute approximate surface area is 120 Å². The molecule has 1 aromatic carbocycles. The van der Waals surface area contributed by atoms with E-state index in [-0.39, 0.29) is 5.38 Å². The van der Waals surface area contributed by atoms with Crippen LogP contribution in [0.5, 0.6) is 17.2 Å². The Morgan fingerprint density at radius 1 is 1.00 bits per heavy atom. The molecular formula is C15H23ClO3. The zero-order valence-electron chi connectivity index (χ0n) is 12.2. The monoisotopic (exact) mass is 286 g/mol. The Morgan fingerprint density at radius 3 is 2.21 bits per heavy atom. The van der Waals surface area contributed by atoms with Gasteiger partial charge in [0.15, 0.2) is 11.5 Å². The first-order valence-electron chi connectivity index (χ1n) is 6.62. The van der Waals surface area contributed by atoms with Crippen molar-refractivity contribution in [1.82, 2.24) is 0 Å². The maximum Gasteiger partial charge on any atom is 0.203 e. The molecule has 0 saturated carbocycles. The zero-order valence-corrected chi connectivity index (χ0v) is 12.9. The van der Waals surface area contributed by atoms with Crippen LogP contribution in [-0.4, -0.2) is 21.3 Å². The van der Waals surface area contributed by atoms with Crippen molar-refractivity contribution < 1.29 is 14.2 Å². The summed E-state index contributed by atoms with van der Waals surface area (Å²) in [6, 6.07) is 3.82. The van der Waals surface area contributed by atoms with E-state index in [2.05, 4.69) is 6.92 Å². The second-order valence-corrected chi connectivity index (χ2v) is 4.91. The molecule has 0 fully saturated rings. The minimum atomic E-state index is -0.0682. The lowest BCUT2D eigenvalue weighted by molar-refractivity contribution is 0.321. The summed E-state index contributed by atoms with van der Waals surface area (Å²) >= 11 is 6.47. The van der Waals surface area contributed by atoms with Crippen molar-refractivity contribution in [3.8, 4) is 17.2 Å². The zero-order chi connectivity index (χ0) is 14.3. The van der Waals surface area contributed by atoms with Crippen molar-refractivity contribution in [3.63, 3.8) is 0 Å². The van der Waals surface area contributed by atoms with Crippen LogP contribution in [0.2, 0.25) is 0 Å². The molecule has 0 aliphatic heterocycles. The van der Waals surface area contributed by atoms with Crippen LogP contribution in [0.15, 0.2) is 12.1 Å². The molecule has 0 N–H and O–H groups in total. The average molecular weight is 287 g/mol. The molecule has 1 unspecified atom stereocenters. The molecule has 0 spiro atoms. The van der Waals surface area contributed by atoms with Gasteiger partial charge in [-0.25, -0.2) is 0 Å². The van der Waals surface area contributed by atoms with E-state index in [0.29, 0.717) is 17.2 Å². The highest BCUT2D eigenvalue weighted by atomic mass is 35.5. The molecule has 1 rings (SSSR count). The predicted octanol–water partition coefficient (Wildman–Crippen LogP) is 4.57. The highest BCUT2D eigenvalue weighted by Gasteiger charge is 2.20. The van der Waals surface area contributed by atoms with E-state index in [1.807, 2.05) is 12.1 Å². The van der Waals surface area contributed by atoms with Crippen LogP contribution >= 0.6 is 11.6 Å². The lowest BCUT2D eigenvalue weighted by Gasteiger charge is -2.18. The summed E-state index contributed by atoms with van der Waals surface area (Å²) in [5.74, 6) is 1.92. The molecule has 0 heterocycles. The van der Waals surface area contributed by atoms with Crippen molar-refractivity contribution in [2.45, 2.75) is 38.0 Å². The van der Waals surface area contributed by atoms with Gasteiger partial charge in [-0.3, -0.25) is 0 Å². The molecule has 1 aromatic rings. The van der Waals surface area contributed by atoms with Crippen LogP contribution in [0.4, 0.5) is 0 Å². The molecule has 0 aromatic heterocycles. The number of hydrogen-bond donors (Lipinski definition) is 0. The number of alkyl halides is 1. The summed E-state index contributed by atoms with van der Waals surface area (Å²) in [5.41, 5.74) is 0.956. The first-order chi connectivity index (χ1) is 9.19. The van der Waals surface area contributed by atoms with Gasteiger partial charge in [0.25, 0.3) is 0 Å². The van der Waals surface area contributed by atoms with Crippen molar-refractivity contribution in [2.24, 2.45) is 0 Å². The second-order valence-electron chi connectivity index (χ2n) is 4.39. The third-order valence-electron chi connectivity index (χ3n) is 3.13. The van der Waals surface area contributed by atoms with E-state index < -0.39 is 0 Å². The summed E-state index contributed by atoms with van der Waals surface area (Å²) in [4.78, 5) is 0. The number of ether oxygens (including phenoxy) is 3. The Hall–Kier alpha value is -1.09. The van der Waals surface area contributed by atoms with E-state index in [1.165, 1.54) is 12.8 Å². The van der Waals surface area contributed by atoms with Gasteiger partial charge in [0.2, 0.25) is 5.75 Å². The van der Waals surface area contributed by atoms with Crippen molar-refractivity contribution in [2.75, 3.05) is 21.3 Å². The topological polar surface area (TPSA) is 27.7 Å². The fourth-order valence-corrected chi connectivity index (χ4v) is 2.43. The lowest BCUT2D eigenvalue weighted by atomic mass is 10.0. The van der Waals surface area contributed by atoms with Crippen LogP contribution < -0.4 is 14.2 Å². The number of rotatable bonds is 8. The van der Waals surface area contributed by atoms with Gasteiger partial charge in [-0.05, 0) is 18.6 Å². The maximum absolute atomic E-state index is 6.47. The van der Waals surface area contributed by atoms with E-state index in [0.717, 1.165) is 18.4 Å². The fraction of sp³-hybridized carbons (Fsp3) is 0.600. The van der Waals surface area contributed by atoms with Crippen molar-refractivity contribution >= 4 is 11.6 Å². The molecule has 0 saturated heterocycles. The molecule has 1 atom stereocenters. The number of halogens is 1. The van der Waals surface area contributed by atoms with Crippen LogP contribution in [0.3, 0.4) is 0 Å². The Morgan fingerprint density at radius 2 is 1.68 bits per heavy atom. The predicted molar refractivity (Wildman–Crippen MR) is 78.8 cm³/mol. The van der Waals surface area contributed by atoms with Gasteiger partial charge in [0.1, 0.15) is 0 Å². The molecule has 4 heteroatoms. The summed E-state index contributed by atoms with van der Waals surface area (Å²) < 4.78 is 16.1. The SMILES string of the molecule is CCCCCC(Cl)c1ccc(OC)c(OC)c1OC. The Bertz CT molecular complexity index is 393. The highest BCUT2D eigenvalue weighted by Crippen LogP contribution is 2.44. The normalized spacial score (nSPS) is 12.1. The first kappa shape index (κ1) is 16.0. The maximum atomic E-state index is 6.47. The largest absolute Gasteiger partial charge is 0.493 e. The second kappa shape index (κ2) is 8.16. The Balaban J connectivity index is 2.99. The smallest absolute Gasteiger partial charge is 0.203 e. The molecule has 0 radical (unpaired) electrons.